The third-order valence-electron chi connectivity index (χ3n) is 26.5. The van der Waals surface area contributed by atoms with Crippen LogP contribution >= 0.6 is 0 Å². The van der Waals surface area contributed by atoms with E-state index in [2.05, 4.69) is 358 Å². The molecule has 0 radical (unpaired) electrons. The molecule has 0 unspecified atom stereocenters. The van der Waals surface area contributed by atoms with Crippen molar-refractivity contribution in [3.8, 4) is 136 Å². The highest BCUT2D eigenvalue weighted by Crippen LogP contribution is 2.48. The second kappa shape index (κ2) is 34.3. The lowest BCUT2D eigenvalue weighted by Crippen LogP contribution is -2.01. The van der Waals surface area contributed by atoms with E-state index in [0.29, 0.717) is 52.4 Å². The van der Waals surface area contributed by atoms with Gasteiger partial charge in [0.25, 0.3) is 0 Å². The lowest BCUT2D eigenvalue weighted by atomic mass is 9.93. The number of nitrogens with zero attached hydrogens (tertiary/aromatic N) is 9. The van der Waals surface area contributed by atoms with Crippen LogP contribution < -0.4 is 0 Å². The molecule has 139 heavy (non-hydrogen) atoms. The van der Waals surface area contributed by atoms with Crippen molar-refractivity contribution < 1.29 is 13.3 Å². The Bertz CT molecular complexity index is 9680. The molecule has 0 fully saturated rings. The molecule has 0 saturated heterocycles. The van der Waals surface area contributed by atoms with Crippen molar-refractivity contribution in [1.29, 1.82) is 0 Å². The average Bonchev–Trinajstić information content (AvgIpc) is 1.67. The minimum atomic E-state index is 0.599. The van der Waals surface area contributed by atoms with Crippen LogP contribution in [-0.2, 0) is 0 Å². The summed E-state index contributed by atoms with van der Waals surface area (Å²) in [7, 11) is 0. The van der Waals surface area contributed by atoms with Crippen LogP contribution in [0.1, 0.15) is 0 Å². The largest absolute Gasteiger partial charge is 0.456 e. The van der Waals surface area contributed by atoms with E-state index in [4.69, 9.17) is 58.1 Å². The summed E-state index contributed by atoms with van der Waals surface area (Å²) < 4.78 is 19.2. The second-order valence-corrected chi connectivity index (χ2v) is 35.0. The van der Waals surface area contributed by atoms with Crippen molar-refractivity contribution in [2.24, 2.45) is 0 Å². The molecule has 0 aliphatic rings. The number of hydrogen-bond donors (Lipinski definition) is 0. The van der Waals surface area contributed by atoms with Gasteiger partial charge in [0.2, 0.25) is 0 Å². The highest BCUT2D eigenvalue weighted by atomic mass is 16.3. The zero-order valence-electron chi connectivity index (χ0n) is 74.7. The fourth-order valence-electron chi connectivity index (χ4n) is 19.6. The summed E-state index contributed by atoms with van der Waals surface area (Å²) in [5.74, 6) is 5.58. The van der Waals surface area contributed by atoms with Crippen LogP contribution in [0.2, 0.25) is 0 Å². The van der Waals surface area contributed by atoms with Gasteiger partial charge in [-0.25, -0.2) is 44.9 Å². The number of rotatable bonds is 12. The normalized spacial score (nSPS) is 11.6. The summed E-state index contributed by atoms with van der Waals surface area (Å²) in [5, 5.41) is 22.5. The summed E-state index contributed by atoms with van der Waals surface area (Å²) in [4.78, 5) is 46.1. The van der Waals surface area contributed by atoms with Gasteiger partial charge in [-0.2, -0.15) is 0 Å². The molecule has 6 aromatic heterocycles. The maximum absolute atomic E-state index is 6.43. The molecule has 12 heteroatoms. The number of aromatic nitrogens is 9. The Morgan fingerprint density at radius 3 is 0.691 bits per heavy atom. The van der Waals surface area contributed by atoms with Gasteiger partial charge in [0.1, 0.15) is 33.5 Å². The fourth-order valence-corrected chi connectivity index (χ4v) is 19.6. The van der Waals surface area contributed by atoms with Gasteiger partial charge >= 0.3 is 0 Å². The first-order valence-electron chi connectivity index (χ1n) is 46.5. The van der Waals surface area contributed by atoms with Crippen LogP contribution in [0.15, 0.2) is 480 Å². The van der Waals surface area contributed by atoms with Crippen molar-refractivity contribution in [3.63, 3.8) is 0 Å². The van der Waals surface area contributed by atoms with Gasteiger partial charge in [-0.15, -0.1) is 0 Å². The number of furan rings is 3. The Kier molecular flexibility index (Phi) is 20.0. The van der Waals surface area contributed by atoms with Gasteiger partial charge < -0.3 is 13.3 Å². The SMILES string of the molecule is c1ccc(-c2nc(-c3ccc4ccccc4c3)nc(-c3c(-c4ccc5ccccc5c4)ccc4oc5ccccc5c34)n2)cc1.c1ccc(-c2nc(-c3ccc4ccccc4c3)nc(-c3ccc4oc5cccc(-c6ccc7ccccc7c6)c5c4c3)n2)cc1.c1ccc2cc(-c3nc(-c4ccc5ccccc5c4)nc(-c4c(-c5ccc6ccccc6c5)ccc5oc6ccccc6c45)n3)ccc2c1. The average molecular weight is 1780 g/mol. The molecular formula is C127H77N9O3. The number of benzene rings is 22. The summed E-state index contributed by atoms with van der Waals surface area (Å²) in [6.45, 7) is 0. The molecule has 0 atom stereocenters. The Morgan fingerprint density at radius 2 is 0.353 bits per heavy atom. The van der Waals surface area contributed by atoms with E-state index in [1.54, 1.807) is 0 Å². The number of fused-ring (bicyclic) bond motifs is 16. The summed E-state index contributed by atoms with van der Waals surface area (Å²) in [5.41, 5.74) is 19.8. The standard InChI is InChI=1S/C45H27N3O.2C41H25N3O/c1-4-12-31-25-34(20-17-28(31)9-1)37-23-24-40-41(38-15-7-8-16-39(38)49-40)42(37)45-47-43(35-21-18-29-10-2-5-13-32(29)26-35)46-44(48-45)36-22-19-30-11-3-6-14-33(30)27-36;1-2-12-28(13-3-1)39-42-40(32-21-19-27-11-5-7-15-30(27)25-32)44-41(43-39)38-33(31-20-18-26-10-4-6-14-29(26)24-31)22-23-36-37(38)34-16-8-9-17-35(34)45-36;1-2-11-28(12-3-1)39-42-40(32-20-18-27-10-5-7-14-30(27)24-32)44-41(43-39)33-21-22-36-35(25-33)38-34(15-8-16-37(38)45-36)31-19-17-26-9-4-6-13-29(26)23-31/h1-27H;2*1-25H. The first-order valence-corrected chi connectivity index (χ1v) is 46.5. The molecule has 6 heterocycles. The predicted molar refractivity (Wildman–Crippen MR) is 569 cm³/mol. The first-order chi connectivity index (χ1) is 68.8. The molecule has 0 amide bonds. The van der Waals surface area contributed by atoms with Gasteiger partial charge in [-0.05, 0) is 212 Å². The van der Waals surface area contributed by atoms with Crippen molar-refractivity contribution in [2.75, 3.05) is 0 Å². The van der Waals surface area contributed by atoms with E-state index < -0.39 is 0 Å². The molecule has 0 aliphatic heterocycles. The van der Waals surface area contributed by atoms with Crippen LogP contribution in [0.25, 0.3) is 277 Å². The van der Waals surface area contributed by atoms with Crippen LogP contribution in [0.5, 0.6) is 0 Å². The third-order valence-corrected chi connectivity index (χ3v) is 26.5. The minimum absolute atomic E-state index is 0.599. The van der Waals surface area contributed by atoms with Crippen molar-refractivity contribution >= 4 is 141 Å². The lowest BCUT2D eigenvalue weighted by Gasteiger charge is -2.14. The van der Waals surface area contributed by atoms with E-state index in [1.807, 2.05) is 109 Å². The molecule has 28 aromatic rings. The molecular weight excluding hydrogens is 1700 g/mol. The van der Waals surface area contributed by atoms with Crippen LogP contribution in [0, 0.1) is 0 Å². The number of para-hydroxylation sites is 2. The molecule has 0 saturated carbocycles. The molecule has 28 rings (SSSR count). The van der Waals surface area contributed by atoms with Gasteiger partial charge in [-0.3, -0.25) is 0 Å². The lowest BCUT2D eigenvalue weighted by molar-refractivity contribution is 0.668. The van der Waals surface area contributed by atoms with Crippen LogP contribution in [-0.4, -0.2) is 44.9 Å². The van der Waals surface area contributed by atoms with Crippen molar-refractivity contribution in [1.82, 2.24) is 44.9 Å². The third kappa shape index (κ3) is 15.2. The maximum Gasteiger partial charge on any atom is 0.165 e. The Labute approximate surface area is 796 Å². The molecule has 22 aromatic carbocycles. The second-order valence-electron chi connectivity index (χ2n) is 35.0. The zero-order valence-corrected chi connectivity index (χ0v) is 74.7. The van der Waals surface area contributed by atoms with E-state index >= 15 is 0 Å². The first kappa shape index (κ1) is 80.9. The zero-order chi connectivity index (χ0) is 91.8. The van der Waals surface area contributed by atoms with E-state index in [1.165, 1.54) is 53.9 Å². The Hall–Kier alpha value is -18.9. The van der Waals surface area contributed by atoms with Gasteiger partial charge in [0, 0.05) is 82.4 Å². The van der Waals surface area contributed by atoms with Gasteiger partial charge in [0.15, 0.2) is 52.4 Å². The molecule has 648 valence electrons. The van der Waals surface area contributed by atoms with Crippen LogP contribution in [0.3, 0.4) is 0 Å². The van der Waals surface area contributed by atoms with Crippen LogP contribution in [0.4, 0.5) is 0 Å². The monoisotopic (exact) mass is 1780 g/mol. The quantitative estimate of drug-likeness (QED) is 0.114. The fraction of sp³-hybridized carbons (Fsp3) is 0. The molecule has 0 spiro atoms. The summed E-state index contributed by atoms with van der Waals surface area (Å²) >= 11 is 0. The molecule has 0 aliphatic carbocycles. The summed E-state index contributed by atoms with van der Waals surface area (Å²) in [6.07, 6.45) is 0. The Morgan fingerprint density at radius 1 is 0.122 bits per heavy atom. The van der Waals surface area contributed by atoms with Crippen molar-refractivity contribution in [3.05, 3.63) is 467 Å². The molecule has 12 nitrogen and oxygen atoms in total. The Balaban J connectivity index is 0.000000108. The smallest absolute Gasteiger partial charge is 0.165 e. The highest BCUT2D eigenvalue weighted by Gasteiger charge is 2.27. The topological polar surface area (TPSA) is 155 Å². The van der Waals surface area contributed by atoms with Gasteiger partial charge in [-0.1, -0.05) is 364 Å². The predicted octanol–water partition coefficient (Wildman–Crippen LogP) is 33.4. The van der Waals surface area contributed by atoms with E-state index in [9.17, 15) is 0 Å². The van der Waals surface area contributed by atoms with Gasteiger partial charge in [0.05, 0.1) is 0 Å². The highest BCUT2D eigenvalue weighted by molar-refractivity contribution is 6.18. The van der Waals surface area contributed by atoms with Crippen molar-refractivity contribution in [2.45, 2.75) is 0 Å². The maximum atomic E-state index is 6.43. The minimum Gasteiger partial charge on any atom is -0.456 e. The molecule has 0 bridgehead atoms. The van der Waals surface area contributed by atoms with E-state index in [-0.39, 0.29) is 0 Å². The van der Waals surface area contributed by atoms with E-state index in [0.717, 1.165) is 171 Å². The molecule has 0 N–H and O–H groups in total. The number of hydrogen-bond acceptors (Lipinski definition) is 12. The summed E-state index contributed by atoms with van der Waals surface area (Å²) in [6, 6.07) is 162.